The third-order valence-corrected chi connectivity index (χ3v) is 10.2. The second kappa shape index (κ2) is 10.8. The molecule has 45 heavy (non-hydrogen) atoms. The van der Waals surface area contributed by atoms with Crippen LogP contribution in [0.4, 0.5) is 0 Å². The van der Waals surface area contributed by atoms with Gasteiger partial charge in [0.05, 0.1) is 12.8 Å². The van der Waals surface area contributed by atoms with Crippen molar-refractivity contribution in [2.45, 2.75) is 65.5 Å². The summed E-state index contributed by atoms with van der Waals surface area (Å²) in [5, 5.41) is 30.2. The number of fused-ring (bicyclic) bond motifs is 7. The van der Waals surface area contributed by atoms with Gasteiger partial charge in [0.1, 0.15) is 11.5 Å². The number of esters is 1. The summed E-state index contributed by atoms with van der Waals surface area (Å²) in [5.74, 6) is -3.60. The molecule has 5 heterocycles. The average molecular weight is 613 g/mol. The zero-order valence-electron chi connectivity index (χ0n) is 26.5. The first kappa shape index (κ1) is 30.5. The first-order valence-electron chi connectivity index (χ1n) is 15.4. The molecule has 0 radical (unpaired) electrons. The van der Waals surface area contributed by atoms with Gasteiger partial charge in [-0.3, -0.25) is 14.4 Å². The summed E-state index contributed by atoms with van der Waals surface area (Å²) in [7, 11) is 1.26. The molecule has 0 amide bonds. The summed E-state index contributed by atoms with van der Waals surface area (Å²) in [5.41, 5.74) is 6.29. The Kier molecular flexibility index (Phi) is 7.31. The standard InChI is InChI=1S/C35H40N4O6/c1-8-18-15(3)21-13-25-20(9-2)35(6,44)26(37-25)14-23-16(4)19(10-11-27(40)41)31(38-23)29-30(34(43)45-7)33(42)28-17(5)22(39-32(28)29)12-24(18)36-21/h9,12-14,16,19,23,30,36-39,44H,2,8,10-11H2,1,3-7H3,(H,40,41)/b21-13-,24-12-,26-14-,31-29-/t16-,19-,23?,30+,35+/m0/s1. The number of hydrogen-bond donors (Lipinski definition) is 6. The van der Waals surface area contributed by atoms with Crippen molar-refractivity contribution < 1.29 is 29.3 Å². The van der Waals surface area contributed by atoms with E-state index in [1.54, 1.807) is 13.0 Å². The summed E-state index contributed by atoms with van der Waals surface area (Å²) in [6.45, 7) is 13.7. The van der Waals surface area contributed by atoms with Crippen LogP contribution in [-0.2, 0) is 20.7 Å². The Morgan fingerprint density at radius 1 is 1.16 bits per heavy atom. The Hall–Kier alpha value is -4.57. The van der Waals surface area contributed by atoms with Crippen molar-refractivity contribution in [2.24, 2.45) is 17.8 Å². The van der Waals surface area contributed by atoms with Gasteiger partial charge in [-0.2, -0.15) is 0 Å². The number of H-pyrrole nitrogens is 2. The lowest BCUT2D eigenvalue weighted by atomic mass is 9.83. The van der Waals surface area contributed by atoms with Crippen molar-refractivity contribution in [3.63, 3.8) is 0 Å². The molecule has 236 valence electrons. The van der Waals surface area contributed by atoms with Crippen LogP contribution in [0.15, 0.2) is 41.4 Å². The number of hydrogen-bond acceptors (Lipinski definition) is 7. The second-order valence-corrected chi connectivity index (χ2v) is 12.6. The van der Waals surface area contributed by atoms with E-state index >= 15 is 0 Å². The minimum absolute atomic E-state index is 0.0887. The number of ether oxygens (including phenoxy) is 1. The smallest absolute Gasteiger partial charge is 0.321 e. The number of aliphatic hydroxyl groups is 1. The molecule has 3 aliphatic heterocycles. The molecule has 1 saturated heterocycles. The van der Waals surface area contributed by atoms with Gasteiger partial charge >= 0.3 is 11.9 Å². The van der Waals surface area contributed by atoms with Crippen LogP contribution < -0.4 is 21.3 Å². The second-order valence-electron chi connectivity index (χ2n) is 12.6. The lowest BCUT2D eigenvalue weighted by Gasteiger charge is -2.23. The summed E-state index contributed by atoms with van der Waals surface area (Å²) in [6, 6.07) is -0.358. The van der Waals surface area contributed by atoms with Crippen molar-refractivity contribution in [3.8, 4) is 0 Å². The molecule has 0 aromatic carbocycles. The number of aromatic amines is 2. The molecule has 0 saturated carbocycles. The summed E-state index contributed by atoms with van der Waals surface area (Å²) >= 11 is 0. The third kappa shape index (κ3) is 4.53. The number of methoxy groups -OCH3 is 1. The molecule has 2 aromatic heterocycles. The van der Waals surface area contributed by atoms with Crippen molar-refractivity contribution in [3.05, 3.63) is 85.7 Å². The molecule has 8 bridgehead atoms. The van der Waals surface area contributed by atoms with Crippen LogP contribution in [0.1, 0.15) is 72.0 Å². The number of allylic oxidation sites excluding steroid dienone is 2. The van der Waals surface area contributed by atoms with Crippen LogP contribution in [0.2, 0.25) is 0 Å². The molecule has 10 nitrogen and oxygen atoms in total. The van der Waals surface area contributed by atoms with E-state index in [0.29, 0.717) is 40.2 Å². The number of aromatic nitrogens is 2. The molecule has 1 aliphatic carbocycles. The van der Waals surface area contributed by atoms with E-state index in [9.17, 15) is 24.6 Å². The largest absolute Gasteiger partial charge is 0.481 e. The molecule has 10 heteroatoms. The lowest BCUT2D eigenvalue weighted by Crippen LogP contribution is -2.32. The average Bonchev–Trinajstić information content (AvgIpc) is 3.71. The van der Waals surface area contributed by atoms with E-state index in [4.69, 9.17) is 4.74 Å². The van der Waals surface area contributed by atoms with Crippen LogP contribution in [0.25, 0.3) is 17.7 Å². The van der Waals surface area contributed by atoms with Crippen LogP contribution in [-0.4, -0.2) is 56.7 Å². The van der Waals surface area contributed by atoms with Gasteiger partial charge in [0.2, 0.25) is 0 Å². The van der Waals surface area contributed by atoms with E-state index in [1.165, 1.54) is 7.11 Å². The minimum Gasteiger partial charge on any atom is -0.481 e. The first-order chi connectivity index (χ1) is 21.3. The van der Waals surface area contributed by atoms with Gasteiger partial charge in [-0.15, -0.1) is 0 Å². The fraction of sp³-hybridized carbons (Fsp3) is 0.400. The van der Waals surface area contributed by atoms with Gasteiger partial charge in [0.15, 0.2) is 5.78 Å². The zero-order valence-corrected chi connectivity index (χ0v) is 26.5. The normalized spacial score (nSPS) is 30.9. The van der Waals surface area contributed by atoms with Gasteiger partial charge in [-0.05, 0) is 74.4 Å². The van der Waals surface area contributed by atoms with E-state index < -0.39 is 23.5 Å². The van der Waals surface area contributed by atoms with Gasteiger partial charge in [-0.25, -0.2) is 0 Å². The highest BCUT2D eigenvalue weighted by atomic mass is 16.5. The van der Waals surface area contributed by atoms with Crippen molar-refractivity contribution in [1.82, 2.24) is 20.6 Å². The molecule has 5 atom stereocenters. The maximum Gasteiger partial charge on any atom is 0.321 e. The monoisotopic (exact) mass is 612 g/mol. The van der Waals surface area contributed by atoms with E-state index in [0.717, 1.165) is 45.2 Å². The fourth-order valence-corrected chi connectivity index (χ4v) is 7.65. The number of nitrogens with one attached hydrogen (secondary N) is 4. The summed E-state index contributed by atoms with van der Waals surface area (Å²) in [4.78, 5) is 46.0. The quantitative estimate of drug-likeness (QED) is 0.215. The minimum atomic E-state index is -1.38. The molecule has 6 rings (SSSR count). The van der Waals surface area contributed by atoms with Crippen molar-refractivity contribution >= 4 is 35.4 Å². The van der Waals surface area contributed by atoms with Gasteiger partial charge in [0.25, 0.3) is 0 Å². The SMILES string of the molecule is C=CC1=C2/C=c3\[nH]/c(c(CC)c3C)=C\c3[nH]c4c(c3C)C(=O)[C@H](C(=O)OC)/C4=C3/NC(/C=C(\N2)[C@]1(C)O)[C@@H](C)[C@@H]3CCC(=O)O. The molecular weight excluding hydrogens is 572 g/mol. The molecule has 1 fully saturated rings. The first-order valence-corrected chi connectivity index (χ1v) is 15.4. The van der Waals surface area contributed by atoms with E-state index in [2.05, 4.69) is 41.0 Å². The third-order valence-electron chi connectivity index (χ3n) is 10.2. The Balaban J connectivity index is 1.71. The van der Waals surface area contributed by atoms with Crippen molar-refractivity contribution in [1.29, 1.82) is 0 Å². The zero-order chi connectivity index (χ0) is 32.5. The van der Waals surface area contributed by atoms with Gasteiger partial charge < -0.3 is 35.6 Å². The molecule has 4 aliphatic rings. The highest BCUT2D eigenvalue weighted by Crippen LogP contribution is 2.48. The Morgan fingerprint density at radius 3 is 2.53 bits per heavy atom. The number of rotatable bonds is 6. The fourth-order valence-electron chi connectivity index (χ4n) is 7.65. The Morgan fingerprint density at radius 2 is 1.89 bits per heavy atom. The molecule has 0 spiro atoms. The lowest BCUT2D eigenvalue weighted by molar-refractivity contribution is -0.142. The molecule has 1 unspecified atom stereocenters. The van der Waals surface area contributed by atoms with Crippen LogP contribution in [0.3, 0.4) is 0 Å². The number of aliphatic carboxylic acids is 1. The van der Waals surface area contributed by atoms with Gasteiger partial charge in [-0.1, -0.05) is 26.5 Å². The number of carboxylic acid groups (broad SMARTS) is 1. The molecule has 6 N–H and O–H groups in total. The predicted octanol–water partition coefficient (Wildman–Crippen LogP) is 2.61. The number of carboxylic acids is 1. The van der Waals surface area contributed by atoms with Crippen LogP contribution >= 0.6 is 0 Å². The molecule has 2 aromatic rings. The Bertz CT molecular complexity index is 1900. The molecular formula is C35H40N4O6. The topological polar surface area (TPSA) is 157 Å². The van der Waals surface area contributed by atoms with E-state index in [-0.39, 0.29) is 30.1 Å². The number of ketones is 1. The van der Waals surface area contributed by atoms with Crippen molar-refractivity contribution in [2.75, 3.05) is 7.11 Å². The Labute approximate surface area is 261 Å². The number of Topliss-reactive ketones (excluding diaryl/α,β-unsaturated/α-hetero) is 1. The summed E-state index contributed by atoms with van der Waals surface area (Å²) in [6.07, 6.45) is 8.53. The maximum absolute atomic E-state index is 14.0. The van der Waals surface area contributed by atoms with Crippen LogP contribution in [0, 0.1) is 31.6 Å². The maximum atomic E-state index is 14.0. The summed E-state index contributed by atoms with van der Waals surface area (Å²) < 4.78 is 5.14. The highest BCUT2D eigenvalue weighted by molar-refractivity contribution is 6.24. The highest BCUT2D eigenvalue weighted by Gasteiger charge is 2.49. The predicted molar refractivity (Wildman–Crippen MR) is 170 cm³/mol. The number of carbonyl (C=O) groups excluding carboxylic acids is 2. The van der Waals surface area contributed by atoms with Gasteiger partial charge in [0, 0.05) is 68.6 Å². The van der Waals surface area contributed by atoms with E-state index in [1.807, 2.05) is 32.1 Å². The van der Waals surface area contributed by atoms with Crippen LogP contribution in [0.5, 0.6) is 0 Å². The number of carbonyl (C=O) groups is 3.